The second-order valence-corrected chi connectivity index (χ2v) is 5.61. The zero-order valence-electron chi connectivity index (χ0n) is 8.38. The molecule has 0 aliphatic heterocycles. The fraction of sp³-hybridized carbons (Fsp3) is 0.125. The third-order valence-corrected chi connectivity index (χ3v) is 3.45. The molecule has 0 unspecified atom stereocenters. The third kappa shape index (κ3) is 2.53. The van der Waals surface area contributed by atoms with E-state index in [4.69, 9.17) is 15.8 Å². The maximum atomic E-state index is 11.2. The van der Waals surface area contributed by atoms with Crippen molar-refractivity contribution in [3.05, 3.63) is 33.4 Å². The van der Waals surface area contributed by atoms with E-state index < -0.39 is 36.1 Å². The Hall–Kier alpha value is -1.67. The topological polar surface area (TPSA) is 115 Å². The van der Waals surface area contributed by atoms with Crippen molar-refractivity contribution in [3.63, 3.8) is 0 Å². The maximum absolute atomic E-state index is 11.2. The Balaban J connectivity index is 3.86. The number of carboxylic acid groups (broad SMARTS) is 1. The SMILES string of the molecule is Cc1ccc(C(=O)O)c([N+](=O)[O-])c1S(=O)(=O)Cl. The largest absolute Gasteiger partial charge is 0.477 e. The van der Waals surface area contributed by atoms with E-state index in [1.165, 1.54) is 6.92 Å². The molecule has 1 N–H and O–H groups in total. The van der Waals surface area contributed by atoms with E-state index in [1.807, 2.05) is 0 Å². The summed E-state index contributed by atoms with van der Waals surface area (Å²) < 4.78 is 22.4. The van der Waals surface area contributed by atoms with E-state index >= 15 is 0 Å². The van der Waals surface area contributed by atoms with Gasteiger partial charge in [0.05, 0.1) is 4.92 Å². The van der Waals surface area contributed by atoms with Gasteiger partial charge in [0.25, 0.3) is 9.05 Å². The lowest BCUT2D eigenvalue weighted by atomic mass is 10.1. The Morgan fingerprint density at radius 1 is 1.47 bits per heavy atom. The smallest absolute Gasteiger partial charge is 0.342 e. The molecule has 0 saturated heterocycles. The van der Waals surface area contributed by atoms with Crippen LogP contribution in [0.3, 0.4) is 0 Å². The Morgan fingerprint density at radius 2 is 2.00 bits per heavy atom. The average molecular weight is 280 g/mol. The number of hydrogen-bond acceptors (Lipinski definition) is 5. The van der Waals surface area contributed by atoms with Gasteiger partial charge in [-0.25, -0.2) is 13.2 Å². The summed E-state index contributed by atoms with van der Waals surface area (Å²) in [4.78, 5) is 19.7. The number of hydrogen-bond donors (Lipinski definition) is 1. The summed E-state index contributed by atoms with van der Waals surface area (Å²) in [6.45, 7) is 1.29. The molecule has 17 heavy (non-hydrogen) atoms. The fourth-order valence-electron chi connectivity index (χ4n) is 1.33. The molecule has 7 nitrogen and oxygen atoms in total. The first kappa shape index (κ1) is 13.4. The van der Waals surface area contributed by atoms with E-state index in [9.17, 15) is 23.3 Å². The molecular weight excluding hydrogens is 274 g/mol. The zero-order chi connectivity index (χ0) is 13.4. The van der Waals surface area contributed by atoms with Crippen LogP contribution in [0.4, 0.5) is 5.69 Å². The van der Waals surface area contributed by atoms with Crippen molar-refractivity contribution in [2.24, 2.45) is 0 Å². The number of nitrogens with zero attached hydrogens (tertiary/aromatic N) is 1. The Kier molecular flexibility index (Phi) is 3.39. The van der Waals surface area contributed by atoms with Gasteiger partial charge in [-0.15, -0.1) is 0 Å². The van der Waals surface area contributed by atoms with Gasteiger partial charge in [0, 0.05) is 10.7 Å². The number of rotatable bonds is 3. The molecule has 92 valence electrons. The van der Waals surface area contributed by atoms with Crippen molar-refractivity contribution < 1.29 is 23.2 Å². The molecule has 0 fully saturated rings. The molecule has 0 bridgehead atoms. The number of carboxylic acids is 1. The maximum Gasteiger partial charge on any atom is 0.342 e. The van der Waals surface area contributed by atoms with Gasteiger partial charge in [-0.2, -0.15) is 0 Å². The Morgan fingerprint density at radius 3 is 2.35 bits per heavy atom. The molecule has 0 saturated carbocycles. The van der Waals surface area contributed by atoms with Gasteiger partial charge in [-0.1, -0.05) is 6.07 Å². The molecule has 0 aliphatic carbocycles. The molecule has 0 amide bonds. The summed E-state index contributed by atoms with van der Waals surface area (Å²) in [7, 11) is 0.667. The molecule has 0 radical (unpaired) electrons. The van der Waals surface area contributed by atoms with Crippen LogP contribution in [0.2, 0.25) is 0 Å². The predicted molar refractivity (Wildman–Crippen MR) is 57.8 cm³/mol. The van der Waals surface area contributed by atoms with Crippen molar-refractivity contribution in [2.45, 2.75) is 11.8 Å². The van der Waals surface area contributed by atoms with E-state index in [-0.39, 0.29) is 5.56 Å². The summed E-state index contributed by atoms with van der Waals surface area (Å²) in [5.74, 6) is -1.60. The normalized spacial score (nSPS) is 11.2. The monoisotopic (exact) mass is 279 g/mol. The first-order valence-electron chi connectivity index (χ1n) is 4.12. The van der Waals surface area contributed by atoms with Gasteiger partial charge in [-0.3, -0.25) is 10.1 Å². The van der Waals surface area contributed by atoms with Crippen molar-refractivity contribution in [3.8, 4) is 0 Å². The lowest BCUT2D eigenvalue weighted by Gasteiger charge is -2.05. The Labute approximate surface area is 100 Å². The molecule has 0 atom stereocenters. The van der Waals surface area contributed by atoms with Crippen LogP contribution in [0.5, 0.6) is 0 Å². The van der Waals surface area contributed by atoms with Crippen LogP contribution < -0.4 is 0 Å². The highest BCUT2D eigenvalue weighted by Gasteiger charge is 2.32. The van der Waals surface area contributed by atoms with Gasteiger partial charge < -0.3 is 5.11 Å². The van der Waals surface area contributed by atoms with Crippen molar-refractivity contribution in [2.75, 3.05) is 0 Å². The summed E-state index contributed by atoms with van der Waals surface area (Å²) in [5, 5.41) is 19.5. The van der Waals surface area contributed by atoms with Gasteiger partial charge in [-0.05, 0) is 18.6 Å². The predicted octanol–water partition coefficient (Wildman–Crippen LogP) is 1.53. The molecule has 1 aromatic carbocycles. The van der Waals surface area contributed by atoms with Gasteiger partial charge in [0.15, 0.2) is 4.90 Å². The lowest BCUT2D eigenvalue weighted by Crippen LogP contribution is -2.08. The van der Waals surface area contributed by atoms with Crippen molar-refractivity contribution in [1.29, 1.82) is 0 Å². The molecule has 0 aromatic heterocycles. The van der Waals surface area contributed by atoms with Crippen LogP contribution in [-0.4, -0.2) is 24.4 Å². The first-order chi connectivity index (χ1) is 7.66. The second kappa shape index (κ2) is 4.30. The minimum absolute atomic E-state index is 0.0108. The molecular formula is C8H6ClNO6S. The number of halogens is 1. The molecule has 1 aromatic rings. The highest BCUT2D eigenvalue weighted by molar-refractivity contribution is 8.13. The fourth-order valence-corrected chi connectivity index (χ4v) is 2.79. The molecule has 1 rings (SSSR count). The van der Waals surface area contributed by atoms with Crippen molar-refractivity contribution >= 4 is 31.4 Å². The number of benzene rings is 1. The zero-order valence-corrected chi connectivity index (χ0v) is 9.95. The van der Waals surface area contributed by atoms with E-state index in [0.29, 0.717) is 0 Å². The molecule has 9 heteroatoms. The van der Waals surface area contributed by atoms with E-state index in [2.05, 4.69) is 0 Å². The van der Waals surface area contributed by atoms with Gasteiger partial charge >= 0.3 is 11.7 Å². The quantitative estimate of drug-likeness (QED) is 0.510. The second-order valence-electron chi connectivity index (χ2n) is 3.11. The highest BCUT2D eigenvalue weighted by Crippen LogP contribution is 2.33. The van der Waals surface area contributed by atoms with Gasteiger partial charge in [0.1, 0.15) is 5.56 Å². The summed E-state index contributed by atoms with van der Waals surface area (Å²) in [5.41, 5.74) is -1.73. The van der Waals surface area contributed by atoms with Crippen LogP contribution in [0, 0.1) is 17.0 Å². The number of nitro benzene ring substituents is 1. The average Bonchev–Trinajstić information content (AvgIpc) is 2.14. The minimum atomic E-state index is -4.40. The third-order valence-electron chi connectivity index (χ3n) is 1.99. The highest BCUT2D eigenvalue weighted by atomic mass is 35.7. The number of aryl methyl sites for hydroxylation is 1. The van der Waals surface area contributed by atoms with E-state index in [0.717, 1.165) is 12.1 Å². The van der Waals surface area contributed by atoms with E-state index in [1.54, 1.807) is 0 Å². The number of nitro groups is 1. The van der Waals surface area contributed by atoms with Gasteiger partial charge in [0.2, 0.25) is 0 Å². The number of carbonyl (C=O) groups is 1. The summed E-state index contributed by atoms with van der Waals surface area (Å²) >= 11 is 0. The van der Waals surface area contributed by atoms with Crippen LogP contribution in [0.15, 0.2) is 17.0 Å². The molecule has 0 spiro atoms. The van der Waals surface area contributed by atoms with Crippen LogP contribution >= 0.6 is 10.7 Å². The summed E-state index contributed by atoms with van der Waals surface area (Å²) in [6.07, 6.45) is 0. The number of aromatic carboxylic acids is 1. The molecule has 0 aliphatic rings. The standard InChI is InChI=1S/C8H6ClNO6S/c1-4-2-3-5(8(11)12)6(10(13)14)7(4)17(9,15)16/h2-3H,1H3,(H,11,12). The molecule has 0 heterocycles. The Bertz CT molecular complexity index is 609. The van der Waals surface area contributed by atoms with Crippen LogP contribution in [-0.2, 0) is 9.05 Å². The summed E-state index contributed by atoms with van der Waals surface area (Å²) in [6, 6.07) is 2.10. The van der Waals surface area contributed by atoms with Crippen molar-refractivity contribution in [1.82, 2.24) is 0 Å². The van der Waals surface area contributed by atoms with Crippen LogP contribution in [0.1, 0.15) is 15.9 Å². The first-order valence-corrected chi connectivity index (χ1v) is 6.43. The lowest BCUT2D eigenvalue weighted by molar-refractivity contribution is -0.388. The minimum Gasteiger partial charge on any atom is -0.477 e. The van der Waals surface area contributed by atoms with Crippen LogP contribution in [0.25, 0.3) is 0 Å².